The van der Waals surface area contributed by atoms with Crippen molar-refractivity contribution in [1.82, 2.24) is 10.3 Å². The number of hydrogen-bond acceptors (Lipinski definition) is 4. The molecule has 0 aliphatic carbocycles. The number of aliphatic hydroxyl groups is 1. The minimum absolute atomic E-state index is 0.0508. The molecule has 1 aromatic rings. The highest BCUT2D eigenvalue weighted by molar-refractivity contribution is 5.80. The molecule has 5 heteroatoms. The maximum Gasteiger partial charge on any atom is 0.239 e. The van der Waals surface area contributed by atoms with Gasteiger partial charge in [0.2, 0.25) is 5.91 Å². The molecule has 0 aromatic carbocycles. The quantitative estimate of drug-likeness (QED) is 0.791. The highest BCUT2D eigenvalue weighted by Gasteiger charge is 2.09. The Labute approximate surface area is 101 Å². The number of amides is 1. The number of rotatable bonds is 5. The molecule has 0 unspecified atom stereocenters. The minimum atomic E-state index is -0.520. The van der Waals surface area contributed by atoms with Crippen LogP contribution in [0.1, 0.15) is 25.1 Å². The Hall–Kier alpha value is -1.62. The summed E-state index contributed by atoms with van der Waals surface area (Å²) in [4.78, 5) is 17.2. The van der Waals surface area contributed by atoms with Gasteiger partial charge in [0.15, 0.2) is 0 Å². The van der Waals surface area contributed by atoms with Crippen molar-refractivity contribution in [1.29, 1.82) is 0 Å². The third kappa shape index (κ3) is 3.71. The number of nitrogens with one attached hydrogen (secondary N) is 1. The van der Waals surface area contributed by atoms with E-state index in [1.807, 2.05) is 20.0 Å². The van der Waals surface area contributed by atoms with Crippen LogP contribution in [0.25, 0.3) is 0 Å². The molecule has 1 aromatic heterocycles. The van der Waals surface area contributed by atoms with Gasteiger partial charge in [-0.05, 0) is 18.6 Å². The number of pyridine rings is 1. The topological polar surface area (TPSA) is 65.5 Å². The lowest BCUT2D eigenvalue weighted by molar-refractivity contribution is -0.119. The van der Waals surface area contributed by atoms with E-state index in [4.69, 9.17) is 0 Å². The Morgan fingerprint density at radius 3 is 2.76 bits per heavy atom. The molecule has 0 aliphatic heterocycles. The van der Waals surface area contributed by atoms with Gasteiger partial charge in [0.1, 0.15) is 0 Å². The van der Waals surface area contributed by atoms with Crippen molar-refractivity contribution in [2.75, 3.05) is 25.5 Å². The van der Waals surface area contributed by atoms with Gasteiger partial charge in [-0.3, -0.25) is 9.78 Å². The first kappa shape index (κ1) is 13.4. The van der Waals surface area contributed by atoms with Crippen molar-refractivity contribution in [3.05, 3.63) is 24.0 Å². The summed E-state index contributed by atoms with van der Waals surface area (Å²) >= 11 is 0. The summed E-state index contributed by atoms with van der Waals surface area (Å²) in [7, 11) is 3.43. The molecule has 0 aliphatic rings. The Kier molecular flexibility index (Phi) is 4.90. The van der Waals surface area contributed by atoms with E-state index in [0.717, 1.165) is 5.69 Å². The highest BCUT2D eigenvalue weighted by Crippen LogP contribution is 2.17. The van der Waals surface area contributed by atoms with Crippen LogP contribution in [0.15, 0.2) is 18.3 Å². The van der Waals surface area contributed by atoms with Crippen molar-refractivity contribution in [2.24, 2.45) is 0 Å². The van der Waals surface area contributed by atoms with Gasteiger partial charge in [-0.2, -0.15) is 0 Å². The fourth-order valence-corrected chi connectivity index (χ4v) is 1.42. The molecule has 1 amide bonds. The van der Waals surface area contributed by atoms with Gasteiger partial charge in [-0.15, -0.1) is 0 Å². The van der Waals surface area contributed by atoms with Gasteiger partial charge < -0.3 is 15.3 Å². The predicted octanol–water partition coefficient (Wildman–Crippen LogP) is 0.707. The van der Waals surface area contributed by atoms with E-state index in [0.29, 0.717) is 12.1 Å². The smallest absolute Gasteiger partial charge is 0.239 e. The van der Waals surface area contributed by atoms with E-state index in [1.54, 1.807) is 24.2 Å². The molecule has 94 valence electrons. The first-order chi connectivity index (χ1) is 8.08. The first-order valence-corrected chi connectivity index (χ1v) is 5.64. The number of nitrogens with zero attached hydrogens (tertiary/aromatic N) is 2. The van der Waals surface area contributed by atoms with Crippen molar-refractivity contribution in [3.8, 4) is 0 Å². The lowest BCUT2D eigenvalue weighted by Crippen LogP contribution is -2.32. The zero-order valence-electron chi connectivity index (χ0n) is 10.5. The van der Waals surface area contributed by atoms with Crippen molar-refractivity contribution < 1.29 is 9.90 Å². The van der Waals surface area contributed by atoms with Crippen LogP contribution in [0.3, 0.4) is 0 Å². The molecule has 0 saturated carbocycles. The van der Waals surface area contributed by atoms with Crippen LogP contribution >= 0.6 is 0 Å². The predicted molar refractivity (Wildman–Crippen MR) is 66.8 cm³/mol. The second-order valence-electron chi connectivity index (χ2n) is 3.89. The molecular weight excluding hydrogens is 218 g/mol. The first-order valence-electron chi connectivity index (χ1n) is 5.64. The van der Waals surface area contributed by atoms with E-state index in [2.05, 4.69) is 10.3 Å². The van der Waals surface area contributed by atoms with Crippen LogP contribution < -0.4 is 10.2 Å². The SMILES string of the molecule is CC[C@H](O)c1ccc(N(C)CC(=O)NC)cn1. The summed E-state index contributed by atoms with van der Waals surface area (Å²) in [6.45, 7) is 2.19. The van der Waals surface area contributed by atoms with Gasteiger partial charge in [0.05, 0.1) is 30.2 Å². The normalized spacial score (nSPS) is 12.0. The van der Waals surface area contributed by atoms with Gasteiger partial charge in [-0.25, -0.2) is 0 Å². The van der Waals surface area contributed by atoms with Crippen molar-refractivity contribution in [3.63, 3.8) is 0 Å². The zero-order chi connectivity index (χ0) is 12.8. The maximum absolute atomic E-state index is 11.2. The molecule has 0 saturated heterocycles. The number of aliphatic hydroxyl groups excluding tert-OH is 1. The molecule has 0 bridgehead atoms. The molecule has 1 rings (SSSR count). The summed E-state index contributed by atoms with van der Waals surface area (Å²) in [6, 6.07) is 3.63. The maximum atomic E-state index is 11.2. The standard InChI is InChI=1S/C12H19N3O2/c1-4-11(16)10-6-5-9(7-14-10)15(3)8-12(17)13-2/h5-7,11,16H,4,8H2,1-3H3,(H,13,17)/t11-/m0/s1. The fraction of sp³-hybridized carbons (Fsp3) is 0.500. The number of anilines is 1. The summed E-state index contributed by atoms with van der Waals surface area (Å²) < 4.78 is 0. The average Bonchev–Trinajstić information content (AvgIpc) is 2.37. The fourth-order valence-electron chi connectivity index (χ4n) is 1.42. The second-order valence-corrected chi connectivity index (χ2v) is 3.89. The Balaban J connectivity index is 2.70. The van der Waals surface area contributed by atoms with Crippen LogP contribution in [0.4, 0.5) is 5.69 Å². The van der Waals surface area contributed by atoms with Crippen LogP contribution in [0, 0.1) is 0 Å². The van der Waals surface area contributed by atoms with Crippen LogP contribution in [0.5, 0.6) is 0 Å². The largest absolute Gasteiger partial charge is 0.387 e. The third-order valence-electron chi connectivity index (χ3n) is 2.60. The van der Waals surface area contributed by atoms with Crippen LogP contribution in [-0.4, -0.2) is 36.6 Å². The van der Waals surface area contributed by atoms with Crippen molar-refractivity contribution >= 4 is 11.6 Å². The number of likely N-dealkylation sites (N-methyl/N-ethyl adjacent to an activating group) is 2. The third-order valence-corrected chi connectivity index (χ3v) is 2.60. The van der Waals surface area contributed by atoms with Crippen LogP contribution in [-0.2, 0) is 4.79 Å². The van der Waals surface area contributed by atoms with Gasteiger partial charge in [-0.1, -0.05) is 6.92 Å². The summed E-state index contributed by atoms with van der Waals surface area (Å²) in [6.07, 6.45) is 1.78. The molecule has 0 fully saturated rings. The number of carbonyl (C=O) groups is 1. The number of hydrogen-bond donors (Lipinski definition) is 2. The van der Waals surface area contributed by atoms with Crippen molar-refractivity contribution in [2.45, 2.75) is 19.4 Å². The zero-order valence-corrected chi connectivity index (χ0v) is 10.5. The molecule has 0 radical (unpaired) electrons. The lowest BCUT2D eigenvalue weighted by atomic mass is 10.2. The highest BCUT2D eigenvalue weighted by atomic mass is 16.3. The van der Waals surface area contributed by atoms with E-state index >= 15 is 0 Å². The van der Waals surface area contributed by atoms with E-state index in [9.17, 15) is 9.90 Å². The number of aromatic nitrogens is 1. The minimum Gasteiger partial charge on any atom is -0.387 e. The Morgan fingerprint density at radius 1 is 1.59 bits per heavy atom. The Morgan fingerprint density at radius 2 is 2.29 bits per heavy atom. The lowest BCUT2D eigenvalue weighted by Gasteiger charge is -2.18. The van der Waals surface area contributed by atoms with Gasteiger partial charge in [0, 0.05) is 14.1 Å². The molecule has 1 heterocycles. The molecule has 17 heavy (non-hydrogen) atoms. The number of carbonyl (C=O) groups excluding carboxylic acids is 1. The van der Waals surface area contributed by atoms with Crippen LogP contribution in [0.2, 0.25) is 0 Å². The van der Waals surface area contributed by atoms with Gasteiger partial charge >= 0.3 is 0 Å². The molecule has 0 spiro atoms. The average molecular weight is 237 g/mol. The molecule has 2 N–H and O–H groups in total. The summed E-state index contributed by atoms with van der Waals surface area (Å²) in [5, 5.41) is 12.2. The van der Waals surface area contributed by atoms with E-state index < -0.39 is 6.10 Å². The monoisotopic (exact) mass is 237 g/mol. The van der Waals surface area contributed by atoms with Gasteiger partial charge in [0.25, 0.3) is 0 Å². The molecule has 5 nitrogen and oxygen atoms in total. The van der Waals surface area contributed by atoms with E-state index in [-0.39, 0.29) is 12.5 Å². The summed E-state index contributed by atoms with van der Waals surface area (Å²) in [5.74, 6) is -0.0508. The summed E-state index contributed by atoms with van der Waals surface area (Å²) in [5.41, 5.74) is 1.50. The second kappa shape index (κ2) is 6.20. The molecule has 1 atom stereocenters. The molecular formula is C12H19N3O2. The van der Waals surface area contributed by atoms with E-state index in [1.165, 1.54) is 0 Å². The Bertz CT molecular complexity index is 365.